The molecule has 0 radical (unpaired) electrons. The molecule has 1 atom stereocenters. The highest BCUT2D eigenvalue weighted by molar-refractivity contribution is 5.17. The number of nitrogens with two attached hydrogens (primary N) is 1. The second kappa shape index (κ2) is 4.46. The van der Waals surface area contributed by atoms with Crippen LogP contribution in [0.4, 0.5) is 0 Å². The Kier molecular flexibility index (Phi) is 3.22. The molecule has 4 nitrogen and oxygen atoms in total. The van der Waals surface area contributed by atoms with E-state index in [0.29, 0.717) is 0 Å². The molecule has 0 saturated carbocycles. The van der Waals surface area contributed by atoms with Crippen LogP contribution < -0.4 is 11.2 Å². The van der Waals surface area contributed by atoms with Gasteiger partial charge in [-0.05, 0) is 12.6 Å². The van der Waals surface area contributed by atoms with E-state index in [2.05, 4.69) is 15.7 Å². The molecule has 1 unspecified atom stereocenters. The van der Waals surface area contributed by atoms with E-state index in [9.17, 15) is 0 Å². The predicted molar refractivity (Wildman–Crippen MR) is 47.3 cm³/mol. The van der Waals surface area contributed by atoms with Gasteiger partial charge in [-0.1, -0.05) is 35.6 Å². The fourth-order valence-corrected chi connectivity index (χ4v) is 0.993. The van der Waals surface area contributed by atoms with Crippen molar-refractivity contribution >= 4 is 0 Å². The number of nitrogens with zero attached hydrogens (tertiary/aromatic N) is 2. The summed E-state index contributed by atoms with van der Waals surface area (Å²) in [5.41, 5.74) is 1.05. The maximum absolute atomic E-state index is 4.96. The lowest BCUT2D eigenvalue weighted by atomic mass is 10.2. The lowest BCUT2D eigenvalue weighted by Crippen LogP contribution is -2.13. The molecule has 0 aromatic heterocycles. The van der Waals surface area contributed by atoms with Crippen LogP contribution in [0.3, 0.4) is 0 Å². The van der Waals surface area contributed by atoms with Crippen LogP contribution in [-0.2, 0) is 0 Å². The zero-order chi connectivity index (χ0) is 8.81. The fourth-order valence-electron chi connectivity index (χ4n) is 0.993. The van der Waals surface area contributed by atoms with Crippen LogP contribution in [0.1, 0.15) is 11.7 Å². The monoisotopic (exact) mass is 164 g/mol. The van der Waals surface area contributed by atoms with E-state index in [4.69, 9.17) is 5.84 Å². The van der Waals surface area contributed by atoms with Crippen LogP contribution >= 0.6 is 0 Å². The van der Waals surface area contributed by atoms with Crippen molar-refractivity contribution in [2.24, 2.45) is 16.2 Å². The van der Waals surface area contributed by atoms with E-state index >= 15 is 0 Å². The highest BCUT2D eigenvalue weighted by Crippen LogP contribution is 2.12. The third kappa shape index (κ3) is 2.03. The summed E-state index contributed by atoms with van der Waals surface area (Å²) in [6.45, 7) is 0. The molecule has 12 heavy (non-hydrogen) atoms. The van der Waals surface area contributed by atoms with Crippen molar-refractivity contribution in [1.29, 1.82) is 0 Å². The lowest BCUT2D eigenvalue weighted by molar-refractivity contribution is 0.585. The third-order valence-corrected chi connectivity index (χ3v) is 1.57. The summed E-state index contributed by atoms with van der Waals surface area (Å²) in [6.07, 6.45) is -0.142. The molecule has 3 N–H and O–H groups in total. The van der Waals surface area contributed by atoms with Crippen molar-refractivity contribution in [2.45, 2.75) is 6.17 Å². The standard InChI is InChI=1S/C8H12N4/c1-10-8(11-12-9)7-5-3-2-4-6-7/h2-6,8,10H,1H3,(H2,9,11). The summed E-state index contributed by atoms with van der Waals surface area (Å²) < 4.78 is 0. The number of hydrogen-bond donors (Lipinski definition) is 2. The van der Waals surface area contributed by atoms with Crippen molar-refractivity contribution in [3.8, 4) is 0 Å². The fraction of sp³-hybridized carbons (Fsp3) is 0.250. The molecule has 0 aliphatic heterocycles. The van der Waals surface area contributed by atoms with Crippen LogP contribution in [0.2, 0.25) is 0 Å². The normalized spacial score (nSPS) is 13.4. The Morgan fingerprint density at radius 3 is 2.50 bits per heavy atom. The Labute approximate surface area is 71.5 Å². The molecule has 1 rings (SSSR count). The average molecular weight is 164 g/mol. The quantitative estimate of drug-likeness (QED) is 0.401. The Morgan fingerprint density at radius 2 is 2.00 bits per heavy atom. The Hall–Kier alpha value is -1.42. The maximum Gasteiger partial charge on any atom is 0.148 e. The molecule has 0 aliphatic rings. The minimum absolute atomic E-state index is 0.142. The van der Waals surface area contributed by atoms with E-state index in [1.807, 2.05) is 37.4 Å². The van der Waals surface area contributed by atoms with Crippen LogP contribution in [-0.4, -0.2) is 7.05 Å². The van der Waals surface area contributed by atoms with Gasteiger partial charge >= 0.3 is 0 Å². The van der Waals surface area contributed by atoms with Crippen molar-refractivity contribution in [3.63, 3.8) is 0 Å². The van der Waals surface area contributed by atoms with Gasteiger partial charge in [-0.3, -0.25) is 5.32 Å². The molecule has 1 aromatic carbocycles. The van der Waals surface area contributed by atoms with Crippen LogP contribution in [0.15, 0.2) is 40.7 Å². The highest BCUT2D eigenvalue weighted by Gasteiger charge is 2.04. The number of nitrogens with one attached hydrogen (secondary N) is 1. The van der Waals surface area contributed by atoms with Gasteiger partial charge in [0.15, 0.2) is 0 Å². The highest BCUT2D eigenvalue weighted by atomic mass is 15.3. The first-order chi connectivity index (χ1) is 5.88. The zero-order valence-corrected chi connectivity index (χ0v) is 6.94. The van der Waals surface area contributed by atoms with Gasteiger partial charge in [-0.15, -0.1) is 5.11 Å². The molecule has 0 saturated heterocycles. The Bertz CT molecular complexity index is 244. The number of benzene rings is 1. The summed E-state index contributed by atoms with van der Waals surface area (Å²) in [5.74, 6) is 4.96. The van der Waals surface area contributed by atoms with Gasteiger partial charge < -0.3 is 5.84 Å². The Morgan fingerprint density at radius 1 is 1.33 bits per heavy atom. The first-order valence-corrected chi connectivity index (χ1v) is 3.70. The van der Waals surface area contributed by atoms with Gasteiger partial charge in [0, 0.05) is 0 Å². The topological polar surface area (TPSA) is 62.8 Å². The lowest BCUT2D eigenvalue weighted by Gasteiger charge is -2.08. The number of hydrogen-bond acceptors (Lipinski definition) is 3. The second-order valence-electron chi connectivity index (χ2n) is 2.33. The van der Waals surface area contributed by atoms with Gasteiger partial charge in [0.2, 0.25) is 0 Å². The van der Waals surface area contributed by atoms with Gasteiger partial charge in [-0.2, -0.15) is 0 Å². The molecule has 64 valence electrons. The predicted octanol–water partition coefficient (Wildman–Crippen LogP) is 1.23. The average Bonchev–Trinajstić information content (AvgIpc) is 2.15. The van der Waals surface area contributed by atoms with Crippen molar-refractivity contribution in [3.05, 3.63) is 35.9 Å². The zero-order valence-electron chi connectivity index (χ0n) is 6.94. The summed E-state index contributed by atoms with van der Waals surface area (Å²) in [7, 11) is 1.81. The van der Waals surface area contributed by atoms with Crippen molar-refractivity contribution in [1.82, 2.24) is 5.32 Å². The molecular weight excluding hydrogens is 152 g/mol. The van der Waals surface area contributed by atoms with Crippen LogP contribution in [0.5, 0.6) is 0 Å². The second-order valence-corrected chi connectivity index (χ2v) is 2.33. The van der Waals surface area contributed by atoms with E-state index in [0.717, 1.165) is 5.56 Å². The summed E-state index contributed by atoms with van der Waals surface area (Å²) in [6, 6.07) is 9.79. The molecule has 0 amide bonds. The van der Waals surface area contributed by atoms with Gasteiger partial charge in [0.1, 0.15) is 6.17 Å². The van der Waals surface area contributed by atoms with E-state index in [1.54, 1.807) is 0 Å². The SMILES string of the molecule is CNC(N=NN)c1ccccc1. The molecule has 0 heterocycles. The van der Waals surface area contributed by atoms with Crippen LogP contribution in [0, 0.1) is 0 Å². The molecule has 0 fully saturated rings. The van der Waals surface area contributed by atoms with Gasteiger partial charge in [0.25, 0.3) is 0 Å². The molecule has 0 aliphatic carbocycles. The van der Waals surface area contributed by atoms with E-state index in [1.165, 1.54) is 0 Å². The van der Waals surface area contributed by atoms with Crippen LogP contribution in [0.25, 0.3) is 0 Å². The number of rotatable bonds is 3. The molecular formula is C8H12N4. The molecule has 4 heteroatoms. The van der Waals surface area contributed by atoms with Crippen molar-refractivity contribution < 1.29 is 0 Å². The minimum Gasteiger partial charge on any atom is -0.305 e. The largest absolute Gasteiger partial charge is 0.305 e. The summed E-state index contributed by atoms with van der Waals surface area (Å²) in [4.78, 5) is 0. The molecule has 1 aromatic rings. The van der Waals surface area contributed by atoms with E-state index in [-0.39, 0.29) is 6.17 Å². The maximum atomic E-state index is 4.96. The van der Waals surface area contributed by atoms with Gasteiger partial charge in [-0.25, -0.2) is 0 Å². The Balaban J connectivity index is 2.80. The van der Waals surface area contributed by atoms with Gasteiger partial charge in [0.05, 0.1) is 0 Å². The van der Waals surface area contributed by atoms with E-state index < -0.39 is 0 Å². The summed E-state index contributed by atoms with van der Waals surface area (Å²) >= 11 is 0. The molecule has 0 bridgehead atoms. The van der Waals surface area contributed by atoms with Crippen molar-refractivity contribution in [2.75, 3.05) is 7.05 Å². The third-order valence-electron chi connectivity index (χ3n) is 1.57. The minimum atomic E-state index is -0.142. The first kappa shape index (κ1) is 8.67. The smallest absolute Gasteiger partial charge is 0.148 e. The summed E-state index contributed by atoms with van der Waals surface area (Å²) in [5, 5.41) is 10.0. The molecule has 0 spiro atoms. The first-order valence-electron chi connectivity index (χ1n) is 3.70.